The number of esters is 1. The third kappa shape index (κ3) is 1.98. The minimum atomic E-state index is -1.31. The predicted octanol–water partition coefficient (Wildman–Crippen LogP) is -0.323. The summed E-state index contributed by atoms with van der Waals surface area (Å²) in [6.45, 7) is 0. The fraction of sp³-hybridized carbons (Fsp3) is 0.312. The molecule has 3 amide bonds. The first-order valence-electron chi connectivity index (χ1n) is 7.48. The minimum absolute atomic E-state index is 0.00782. The summed E-state index contributed by atoms with van der Waals surface area (Å²) in [7, 11) is 1.14. The fourth-order valence-electron chi connectivity index (χ4n) is 3.37. The van der Waals surface area contributed by atoms with Gasteiger partial charge in [0.15, 0.2) is 11.8 Å². The molecule has 0 aliphatic carbocycles. The number of imide groups is 1. The van der Waals surface area contributed by atoms with Crippen LogP contribution in [0, 0.1) is 0 Å². The minimum Gasteiger partial charge on any atom is -0.467 e. The van der Waals surface area contributed by atoms with Crippen molar-refractivity contribution in [3.63, 3.8) is 0 Å². The zero-order valence-electron chi connectivity index (χ0n) is 13.0. The molecule has 0 radical (unpaired) electrons. The van der Waals surface area contributed by atoms with Gasteiger partial charge in [0.25, 0.3) is 17.7 Å². The molecule has 0 aromatic heterocycles. The molecular formula is C16H12N2O6S. The number of fused-ring (bicyclic) bond motifs is 2. The SMILES string of the molecule is COC(=O)C1C(=O)CS[C@H]2C(N3C(=O)c4ccccc4C3=O)C(=O)N12. The van der Waals surface area contributed by atoms with Crippen LogP contribution in [-0.4, -0.2) is 69.6 Å². The highest BCUT2D eigenvalue weighted by atomic mass is 32.2. The van der Waals surface area contributed by atoms with Crippen LogP contribution in [0.4, 0.5) is 0 Å². The van der Waals surface area contributed by atoms with Crippen LogP contribution in [0.5, 0.6) is 0 Å². The van der Waals surface area contributed by atoms with E-state index in [9.17, 15) is 24.0 Å². The zero-order chi connectivity index (χ0) is 17.9. The highest BCUT2D eigenvalue weighted by Gasteiger charge is 2.62. The number of hydrogen-bond acceptors (Lipinski definition) is 7. The van der Waals surface area contributed by atoms with Crippen LogP contribution in [-0.2, 0) is 19.1 Å². The summed E-state index contributed by atoms with van der Waals surface area (Å²) >= 11 is 1.14. The Bertz CT molecular complexity index is 810. The number of nitrogens with zero attached hydrogens (tertiary/aromatic N) is 2. The summed E-state index contributed by atoms with van der Waals surface area (Å²) < 4.78 is 4.60. The molecule has 9 heteroatoms. The quantitative estimate of drug-likeness (QED) is 0.308. The third-order valence-electron chi connectivity index (χ3n) is 4.56. The van der Waals surface area contributed by atoms with Crippen molar-refractivity contribution in [1.29, 1.82) is 0 Å². The molecule has 8 nitrogen and oxygen atoms in total. The standard InChI is InChI=1S/C16H12N2O6S/c1-24-16(23)10-9(19)6-25-15-11(14(22)18(10)15)17-12(20)7-4-2-3-5-8(7)13(17)21/h2-5,10-11,15H,6H2,1H3/t10?,11?,15-/m0/s1. The first-order chi connectivity index (χ1) is 12.0. The number of amides is 3. The molecule has 3 aliphatic heterocycles. The van der Waals surface area contributed by atoms with Crippen molar-refractivity contribution in [3.05, 3.63) is 35.4 Å². The van der Waals surface area contributed by atoms with Crippen LogP contribution < -0.4 is 0 Å². The second kappa shape index (κ2) is 5.41. The Kier molecular flexibility index (Phi) is 3.43. The maximum atomic E-state index is 12.6. The number of carbonyl (C=O) groups is 5. The summed E-state index contributed by atoms with van der Waals surface area (Å²) in [4.78, 5) is 63.6. The number of rotatable bonds is 2. The normalized spacial score (nSPS) is 27.8. The number of hydrogen-bond donors (Lipinski definition) is 0. The van der Waals surface area contributed by atoms with Crippen LogP contribution in [0.3, 0.4) is 0 Å². The zero-order valence-corrected chi connectivity index (χ0v) is 13.8. The molecule has 3 aliphatic rings. The average Bonchev–Trinajstić information content (AvgIpc) is 2.87. The smallest absolute Gasteiger partial charge is 0.336 e. The molecule has 2 unspecified atom stereocenters. The first kappa shape index (κ1) is 15.8. The van der Waals surface area contributed by atoms with Crippen molar-refractivity contribution in [2.75, 3.05) is 12.9 Å². The Morgan fingerprint density at radius 1 is 1.12 bits per heavy atom. The number of carbonyl (C=O) groups excluding carboxylic acids is 5. The highest BCUT2D eigenvalue weighted by Crippen LogP contribution is 2.42. The van der Waals surface area contributed by atoms with E-state index in [0.717, 1.165) is 28.7 Å². The highest BCUT2D eigenvalue weighted by molar-refractivity contribution is 8.00. The van der Waals surface area contributed by atoms with E-state index >= 15 is 0 Å². The van der Waals surface area contributed by atoms with Gasteiger partial charge in [-0.15, -0.1) is 11.8 Å². The monoisotopic (exact) mass is 360 g/mol. The Balaban J connectivity index is 1.66. The van der Waals surface area contributed by atoms with E-state index in [2.05, 4.69) is 4.74 Å². The molecule has 2 saturated heterocycles. The lowest BCUT2D eigenvalue weighted by molar-refractivity contribution is -0.168. The number of ether oxygens (including phenoxy) is 1. The van der Waals surface area contributed by atoms with Gasteiger partial charge in [0.2, 0.25) is 0 Å². The maximum absolute atomic E-state index is 12.6. The average molecular weight is 360 g/mol. The molecule has 25 heavy (non-hydrogen) atoms. The molecule has 3 heterocycles. The molecule has 0 bridgehead atoms. The molecule has 128 valence electrons. The van der Waals surface area contributed by atoms with Gasteiger partial charge in [0.1, 0.15) is 11.4 Å². The summed E-state index contributed by atoms with van der Waals surface area (Å²) in [6, 6.07) is 4.03. The fourth-order valence-corrected chi connectivity index (χ4v) is 4.67. The van der Waals surface area contributed by atoms with Crippen LogP contribution in [0.15, 0.2) is 24.3 Å². The van der Waals surface area contributed by atoms with Gasteiger partial charge in [0.05, 0.1) is 24.0 Å². The number of benzene rings is 1. The van der Waals surface area contributed by atoms with Gasteiger partial charge in [-0.05, 0) is 12.1 Å². The molecule has 4 rings (SSSR count). The van der Waals surface area contributed by atoms with Crippen molar-refractivity contribution in [3.8, 4) is 0 Å². The van der Waals surface area contributed by atoms with Crippen LogP contribution >= 0.6 is 11.8 Å². The van der Waals surface area contributed by atoms with Crippen molar-refractivity contribution >= 4 is 41.2 Å². The van der Waals surface area contributed by atoms with E-state index in [1.165, 1.54) is 12.1 Å². The largest absolute Gasteiger partial charge is 0.467 e. The van der Waals surface area contributed by atoms with Gasteiger partial charge in [0, 0.05) is 0 Å². The second-order valence-corrected chi connectivity index (χ2v) is 6.91. The Morgan fingerprint density at radius 2 is 1.72 bits per heavy atom. The van der Waals surface area contributed by atoms with E-state index in [1.54, 1.807) is 12.1 Å². The molecule has 0 spiro atoms. The van der Waals surface area contributed by atoms with Gasteiger partial charge in [-0.3, -0.25) is 24.1 Å². The van der Waals surface area contributed by atoms with E-state index in [-0.39, 0.29) is 16.9 Å². The summed E-state index contributed by atoms with van der Waals surface area (Å²) in [5, 5.41) is -0.628. The molecule has 1 aromatic carbocycles. The second-order valence-electron chi connectivity index (χ2n) is 5.81. The van der Waals surface area contributed by atoms with Gasteiger partial charge in [-0.1, -0.05) is 12.1 Å². The lowest BCUT2D eigenvalue weighted by Gasteiger charge is -2.53. The number of β-lactam (4-membered cyclic amide) rings is 1. The van der Waals surface area contributed by atoms with Gasteiger partial charge in [-0.2, -0.15) is 0 Å². The molecular weight excluding hydrogens is 348 g/mol. The van der Waals surface area contributed by atoms with Crippen molar-refractivity contribution in [2.24, 2.45) is 0 Å². The summed E-state index contributed by atoms with van der Waals surface area (Å²) in [6.07, 6.45) is 0. The number of thioether (sulfide) groups is 1. The van der Waals surface area contributed by atoms with E-state index in [4.69, 9.17) is 0 Å². The van der Waals surface area contributed by atoms with Crippen molar-refractivity contribution in [2.45, 2.75) is 17.5 Å². The Hall–Kier alpha value is -2.68. The van der Waals surface area contributed by atoms with E-state index in [0.29, 0.717) is 0 Å². The molecule has 0 saturated carbocycles. The molecule has 1 aromatic rings. The van der Waals surface area contributed by atoms with Crippen molar-refractivity contribution < 1.29 is 28.7 Å². The third-order valence-corrected chi connectivity index (χ3v) is 5.84. The van der Waals surface area contributed by atoms with Crippen LogP contribution in [0.25, 0.3) is 0 Å². The summed E-state index contributed by atoms with van der Waals surface area (Å²) in [5.74, 6) is -2.91. The number of ketones is 1. The number of Topliss-reactive ketones (excluding diaryl/α,β-unsaturated/α-hetero) is 1. The van der Waals surface area contributed by atoms with Gasteiger partial charge >= 0.3 is 5.97 Å². The predicted molar refractivity (Wildman–Crippen MR) is 84.6 cm³/mol. The summed E-state index contributed by atoms with van der Waals surface area (Å²) in [5.41, 5.74) is 0.500. The van der Waals surface area contributed by atoms with Crippen LogP contribution in [0.1, 0.15) is 20.7 Å². The van der Waals surface area contributed by atoms with Gasteiger partial charge in [-0.25, -0.2) is 4.79 Å². The lowest BCUT2D eigenvalue weighted by atomic mass is 9.99. The molecule has 3 atom stereocenters. The number of methoxy groups -OCH3 is 1. The topological polar surface area (TPSA) is 101 Å². The maximum Gasteiger partial charge on any atom is 0.336 e. The van der Waals surface area contributed by atoms with Crippen molar-refractivity contribution in [1.82, 2.24) is 9.80 Å². The Morgan fingerprint density at radius 3 is 2.28 bits per heavy atom. The Labute approximate surface area is 146 Å². The first-order valence-corrected chi connectivity index (χ1v) is 8.53. The molecule has 2 fully saturated rings. The van der Waals surface area contributed by atoms with Gasteiger partial charge < -0.3 is 9.64 Å². The van der Waals surface area contributed by atoms with E-state index in [1.807, 2.05) is 0 Å². The van der Waals surface area contributed by atoms with E-state index < -0.39 is 46.9 Å². The molecule has 0 N–H and O–H groups in total. The van der Waals surface area contributed by atoms with Crippen LogP contribution in [0.2, 0.25) is 0 Å². The lowest BCUT2D eigenvalue weighted by Crippen LogP contribution is -2.76.